The first-order chi connectivity index (χ1) is 12.0. The molecule has 0 aliphatic heterocycles. The highest BCUT2D eigenvalue weighted by Crippen LogP contribution is 2.16. The van der Waals surface area contributed by atoms with E-state index in [2.05, 4.69) is 20.3 Å². The van der Waals surface area contributed by atoms with Gasteiger partial charge in [0.25, 0.3) is 11.5 Å². The number of amides is 1. The molecule has 0 aliphatic rings. The van der Waals surface area contributed by atoms with E-state index in [1.807, 2.05) is 0 Å². The predicted molar refractivity (Wildman–Crippen MR) is 88.3 cm³/mol. The number of H-pyrrole nitrogens is 1. The van der Waals surface area contributed by atoms with Gasteiger partial charge in [-0.1, -0.05) is 18.2 Å². The molecule has 0 saturated carbocycles. The van der Waals surface area contributed by atoms with E-state index in [0.717, 1.165) is 0 Å². The van der Waals surface area contributed by atoms with Crippen LogP contribution in [0.2, 0.25) is 0 Å². The van der Waals surface area contributed by atoms with Crippen LogP contribution in [-0.2, 0) is 11.3 Å². The highest BCUT2D eigenvalue weighted by Gasteiger charge is 2.17. The highest BCUT2D eigenvalue weighted by atomic mass is 16.5. The minimum absolute atomic E-state index is 0.0613. The molecule has 3 rings (SSSR count). The molecule has 25 heavy (non-hydrogen) atoms. The number of aromatic amines is 1. The van der Waals surface area contributed by atoms with Gasteiger partial charge in [-0.25, -0.2) is 9.89 Å². The number of esters is 1. The van der Waals surface area contributed by atoms with Crippen molar-refractivity contribution >= 4 is 22.6 Å². The lowest BCUT2D eigenvalue weighted by molar-refractivity contribution is 0.0598. The summed E-state index contributed by atoms with van der Waals surface area (Å²) in [5, 5.41) is 9.62. The summed E-state index contributed by atoms with van der Waals surface area (Å²) in [5.74, 6) is -0.170. The Kier molecular flexibility index (Phi) is 4.34. The molecule has 0 unspecified atom stereocenters. The molecule has 0 saturated heterocycles. The van der Waals surface area contributed by atoms with E-state index in [9.17, 15) is 14.4 Å². The Morgan fingerprint density at radius 1 is 1.28 bits per heavy atom. The van der Waals surface area contributed by atoms with Crippen LogP contribution in [0.15, 0.2) is 39.5 Å². The maximum atomic E-state index is 12.4. The molecule has 0 bridgehead atoms. The summed E-state index contributed by atoms with van der Waals surface area (Å²) in [6.07, 6.45) is 0. The lowest BCUT2D eigenvalue weighted by atomic mass is 10.1. The number of ether oxygens (including phenoxy) is 1. The Morgan fingerprint density at radius 2 is 2.00 bits per heavy atom. The first-order valence-electron chi connectivity index (χ1n) is 7.44. The summed E-state index contributed by atoms with van der Waals surface area (Å²) >= 11 is 0. The number of aromatic nitrogens is 2. The molecule has 0 aliphatic carbocycles. The van der Waals surface area contributed by atoms with E-state index >= 15 is 0 Å². The van der Waals surface area contributed by atoms with Gasteiger partial charge in [-0.05, 0) is 19.1 Å². The molecule has 128 valence electrons. The summed E-state index contributed by atoms with van der Waals surface area (Å²) < 4.78 is 10.1. The van der Waals surface area contributed by atoms with Gasteiger partial charge in [0.05, 0.1) is 19.0 Å². The van der Waals surface area contributed by atoms with Gasteiger partial charge in [0.2, 0.25) is 0 Å². The van der Waals surface area contributed by atoms with E-state index < -0.39 is 11.9 Å². The second kappa shape index (κ2) is 6.60. The molecule has 8 heteroatoms. The van der Waals surface area contributed by atoms with Crippen molar-refractivity contribution in [2.45, 2.75) is 13.5 Å². The number of hydrogen-bond donors (Lipinski definition) is 2. The number of hydrogen-bond acceptors (Lipinski definition) is 6. The zero-order chi connectivity index (χ0) is 18.0. The van der Waals surface area contributed by atoms with Gasteiger partial charge in [0.15, 0.2) is 5.69 Å². The lowest BCUT2D eigenvalue weighted by Gasteiger charge is -2.05. The van der Waals surface area contributed by atoms with Crippen molar-refractivity contribution < 1.29 is 18.7 Å². The Balaban J connectivity index is 1.81. The summed E-state index contributed by atoms with van der Waals surface area (Å²) in [5.41, 5.74) is 0.0440. The Morgan fingerprint density at radius 3 is 2.72 bits per heavy atom. The number of rotatable bonds is 4. The van der Waals surface area contributed by atoms with Gasteiger partial charge in [0, 0.05) is 5.39 Å². The smallest absolute Gasteiger partial charge is 0.341 e. The molecule has 8 nitrogen and oxygen atoms in total. The molecule has 0 atom stereocenters. The first-order valence-corrected chi connectivity index (χ1v) is 7.44. The van der Waals surface area contributed by atoms with Crippen molar-refractivity contribution in [3.05, 3.63) is 63.5 Å². The van der Waals surface area contributed by atoms with Crippen molar-refractivity contribution in [3.63, 3.8) is 0 Å². The number of carbonyl (C=O) groups is 2. The van der Waals surface area contributed by atoms with Crippen LogP contribution in [0.5, 0.6) is 0 Å². The summed E-state index contributed by atoms with van der Waals surface area (Å²) in [6.45, 7) is 1.69. The van der Waals surface area contributed by atoms with Crippen LogP contribution in [0.1, 0.15) is 32.4 Å². The number of carbonyl (C=O) groups excluding carboxylic acids is 2. The summed E-state index contributed by atoms with van der Waals surface area (Å²) in [4.78, 5) is 35.7. The second-order valence-corrected chi connectivity index (χ2v) is 5.30. The standard InChI is InChI=1S/C17H15N3O5/c1-9-13(17(23)24-2)7-10(25-9)8-18-16(22)14-11-5-3-4-6-12(11)15(21)20-19-14/h3-7H,8H2,1-2H3,(H,18,22)(H,20,21). The fourth-order valence-corrected chi connectivity index (χ4v) is 2.48. The van der Waals surface area contributed by atoms with Crippen LogP contribution in [0.3, 0.4) is 0 Å². The molecule has 2 heterocycles. The van der Waals surface area contributed by atoms with Gasteiger partial charge in [-0.15, -0.1) is 0 Å². The molecule has 0 spiro atoms. The Hall–Kier alpha value is -3.42. The van der Waals surface area contributed by atoms with Crippen molar-refractivity contribution in [2.75, 3.05) is 7.11 Å². The number of nitrogens with zero attached hydrogens (tertiary/aromatic N) is 1. The summed E-state index contributed by atoms with van der Waals surface area (Å²) in [7, 11) is 1.28. The average Bonchev–Trinajstić information content (AvgIpc) is 3.00. The molecule has 3 aromatic rings. The van der Waals surface area contributed by atoms with Crippen molar-refractivity contribution in [1.29, 1.82) is 0 Å². The number of furan rings is 1. The maximum Gasteiger partial charge on any atom is 0.341 e. The first kappa shape index (κ1) is 16.4. The predicted octanol–water partition coefficient (Wildman–Crippen LogP) is 1.54. The van der Waals surface area contributed by atoms with Crippen LogP contribution in [0.25, 0.3) is 10.8 Å². The zero-order valence-corrected chi connectivity index (χ0v) is 13.6. The zero-order valence-electron chi connectivity index (χ0n) is 13.6. The number of fused-ring (bicyclic) bond motifs is 1. The highest BCUT2D eigenvalue weighted by molar-refractivity contribution is 6.04. The SMILES string of the molecule is COC(=O)c1cc(CNC(=O)c2n[nH]c(=O)c3ccccc23)oc1C. The largest absolute Gasteiger partial charge is 0.465 e. The van der Waals surface area contributed by atoms with E-state index in [0.29, 0.717) is 27.9 Å². The third kappa shape index (κ3) is 3.14. The average molecular weight is 341 g/mol. The van der Waals surface area contributed by atoms with Crippen molar-refractivity contribution in [2.24, 2.45) is 0 Å². The number of methoxy groups -OCH3 is 1. The molecule has 0 fully saturated rings. The maximum absolute atomic E-state index is 12.4. The van der Waals surface area contributed by atoms with Gasteiger partial charge in [-0.2, -0.15) is 5.10 Å². The molecule has 2 N–H and O–H groups in total. The van der Waals surface area contributed by atoms with E-state index in [1.165, 1.54) is 13.2 Å². The number of nitrogens with one attached hydrogen (secondary N) is 2. The monoisotopic (exact) mass is 341 g/mol. The van der Waals surface area contributed by atoms with Crippen LogP contribution < -0.4 is 10.9 Å². The topological polar surface area (TPSA) is 114 Å². The number of aryl methyl sites for hydroxylation is 1. The minimum Gasteiger partial charge on any atom is -0.465 e. The van der Waals surface area contributed by atoms with Gasteiger partial charge >= 0.3 is 5.97 Å². The van der Waals surface area contributed by atoms with Crippen molar-refractivity contribution in [3.8, 4) is 0 Å². The van der Waals surface area contributed by atoms with Crippen LogP contribution >= 0.6 is 0 Å². The minimum atomic E-state index is -0.507. The Bertz CT molecular complexity index is 1020. The van der Waals surface area contributed by atoms with E-state index in [1.54, 1.807) is 31.2 Å². The van der Waals surface area contributed by atoms with Crippen molar-refractivity contribution in [1.82, 2.24) is 15.5 Å². The molecular formula is C17H15N3O5. The third-order valence-corrected chi connectivity index (χ3v) is 3.71. The lowest BCUT2D eigenvalue weighted by Crippen LogP contribution is -2.26. The summed E-state index contributed by atoms with van der Waals surface area (Å²) in [6, 6.07) is 8.21. The van der Waals surface area contributed by atoms with Crippen LogP contribution in [-0.4, -0.2) is 29.2 Å². The van der Waals surface area contributed by atoms with Gasteiger partial charge < -0.3 is 14.5 Å². The molecule has 1 aromatic carbocycles. The molecule has 2 aromatic heterocycles. The second-order valence-electron chi connectivity index (χ2n) is 5.30. The normalized spacial score (nSPS) is 10.6. The van der Waals surface area contributed by atoms with Gasteiger partial charge in [-0.3, -0.25) is 9.59 Å². The number of benzene rings is 1. The third-order valence-electron chi connectivity index (χ3n) is 3.71. The van der Waals surface area contributed by atoms with Gasteiger partial charge in [0.1, 0.15) is 17.1 Å². The molecular weight excluding hydrogens is 326 g/mol. The van der Waals surface area contributed by atoms with E-state index in [-0.39, 0.29) is 17.8 Å². The fraction of sp³-hybridized carbons (Fsp3) is 0.176. The molecule has 0 radical (unpaired) electrons. The Labute approximate surface area is 141 Å². The van der Waals surface area contributed by atoms with Crippen LogP contribution in [0.4, 0.5) is 0 Å². The fourth-order valence-electron chi connectivity index (χ4n) is 2.48. The quantitative estimate of drug-likeness (QED) is 0.696. The van der Waals surface area contributed by atoms with E-state index in [4.69, 9.17) is 4.42 Å². The molecule has 1 amide bonds. The van der Waals surface area contributed by atoms with Crippen LogP contribution in [0, 0.1) is 6.92 Å².